The van der Waals surface area contributed by atoms with E-state index in [0.29, 0.717) is 29.6 Å². The van der Waals surface area contributed by atoms with Crippen molar-refractivity contribution in [1.82, 2.24) is 4.98 Å². The second-order valence-corrected chi connectivity index (χ2v) is 11.4. The van der Waals surface area contributed by atoms with Gasteiger partial charge in [-0.2, -0.15) is 0 Å². The van der Waals surface area contributed by atoms with E-state index in [2.05, 4.69) is 10.3 Å². The second-order valence-electron chi connectivity index (χ2n) is 11.0. The zero-order valence-corrected chi connectivity index (χ0v) is 22.4. The molecule has 1 aliphatic carbocycles. The molecule has 0 radical (unpaired) electrons. The Labute approximate surface area is 219 Å². The molecule has 8 heteroatoms. The maximum Gasteiger partial charge on any atom is 0.414 e. The Morgan fingerprint density at radius 2 is 1.89 bits per heavy atom. The van der Waals surface area contributed by atoms with Crippen LogP contribution in [0.15, 0.2) is 36.5 Å². The summed E-state index contributed by atoms with van der Waals surface area (Å²) in [6.45, 7) is 7.70. The highest BCUT2D eigenvalue weighted by Crippen LogP contribution is 2.33. The molecule has 4 rings (SSSR count). The first kappa shape index (κ1) is 26.7. The molecule has 1 amide bonds. The van der Waals surface area contributed by atoms with Gasteiger partial charge >= 0.3 is 6.09 Å². The van der Waals surface area contributed by atoms with E-state index in [-0.39, 0.29) is 6.09 Å². The van der Waals surface area contributed by atoms with Gasteiger partial charge in [0.2, 0.25) is 0 Å². The van der Waals surface area contributed by atoms with Crippen molar-refractivity contribution in [2.45, 2.75) is 77.0 Å². The number of ether oxygens (including phenoxy) is 2. The number of carbonyl (C=O) groups is 1. The van der Waals surface area contributed by atoms with Crippen LogP contribution in [0.2, 0.25) is 5.02 Å². The van der Waals surface area contributed by atoms with Gasteiger partial charge in [-0.05, 0) is 89.0 Å². The molecule has 2 heterocycles. The average Bonchev–Trinajstić information content (AvgIpc) is 2.85. The van der Waals surface area contributed by atoms with E-state index in [1.54, 1.807) is 11.1 Å². The van der Waals surface area contributed by atoms with Gasteiger partial charge in [-0.1, -0.05) is 23.7 Å². The number of hydrogen-bond donors (Lipinski definition) is 2. The first-order valence-electron chi connectivity index (χ1n) is 13.0. The van der Waals surface area contributed by atoms with Gasteiger partial charge < -0.3 is 20.5 Å². The summed E-state index contributed by atoms with van der Waals surface area (Å²) in [5, 5.41) is 4.12. The molecule has 36 heavy (non-hydrogen) atoms. The molecule has 1 saturated heterocycles. The molecule has 7 nitrogen and oxygen atoms in total. The lowest BCUT2D eigenvalue weighted by Crippen LogP contribution is -2.40. The van der Waals surface area contributed by atoms with E-state index < -0.39 is 5.60 Å². The topological polar surface area (TPSA) is 89.7 Å². The van der Waals surface area contributed by atoms with E-state index in [4.69, 9.17) is 26.8 Å². The Morgan fingerprint density at radius 1 is 1.17 bits per heavy atom. The van der Waals surface area contributed by atoms with E-state index in [9.17, 15) is 4.79 Å². The van der Waals surface area contributed by atoms with Crippen LogP contribution in [-0.4, -0.2) is 48.5 Å². The lowest BCUT2D eigenvalue weighted by atomic mass is 9.92. The Hall–Kier alpha value is -2.35. The van der Waals surface area contributed by atoms with Gasteiger partial charge in [-0.3, -0.25) is 4.90 Å². The monoisotopic (exact) mass is 514 g/mol. The van der Waals surface area contributed by atoms with Crippen LogP contribution in [0.5, 0.6) is 0 Å². The second kappa shape index (κ2) is 11.8. The minimum atomic E-state index is -0.583. The van der Waals surface area contributed by atoms with Gasteiger partial charge in [0.15, 0.2) is 0 Å². The third kappa shape index (κ3) is 7.34. The van der Waals surface area contributed by atoms with E-state index in [0.717, 1.165) is 74.4 Å². The molecule has 0 atom stereocenters. The summed E-state index contributed by atoms with van der Waals surface area (Å²) in [4.78, 5) is 19.5. The van der Waals surface area contributed by atoms with E-state index >= 15 is 0 Å². The SMILES string of the molecule is CC(C)(C)OC(=O)N(CC1CCOCC1)c1cccc(-c2cc(N[C@H]3CC[C@H](N)CC3)ncc2Cl)c1. The minimum absolute atomic E-state index is 0.300. The number of carbonyl (C=O) groups excluding carboxylic acids is 1. The number of amides is 1. The molecule has 1 aromatic heterocycles. The summed E-state index contributed by atoms with van der Waals surface area (Å²) < 4.78 is 11.3. The molecular formula is C28H39ClN4O3. The molecule has 1 aromatic carbocycles. The number of pyridine rings is 1. The first-order valence-corrected chi connectivity index (χ1v) is 13.4. The average molecular weight is 515 g/mol. The fourth-order valence-corrected chi connectivity index (χ4v) is 5.05. The van der Waals surface area contributed by atoms with E-state index in [1.807, 2.05) is 51.1 Å². The maximum absolute atomic E-state index is 13.3. The first-order chi connectivity index (χ1) is 17.2. The third-order valence-corrected chi connectivity index (χ3v) is 7.14. The van der Waals surface area contributed by atoms with Crippen LogP contribution in [0, 0.1) is 5.92 Å². The number of anilines is 2. The summed E-state index contributed by atoms with van der Waals surface area (Å²) in [7, 11) is 0. The zero-order valence-electron chi connectivity index (χ0n) is 21.6. The molecule has 1 aliphatic heterocycles. The van der Waals surface area contributed by atoms with Crippen LogP contribution in [-0.2, 0) is 9.47 Å². The fraction of sp³-hybridized carbons (Fsp3) is 0.571. The predicted octanol–water partition coefficient (Wildman–Crippen LogP) is 6.25. The number of nitrogens with two attached hydrogens (primary N) is 1. The number of benzene rings is 1. The van der Waals surface area contributed by atoms with Gasteiger partial charge in [-0.15, -0.1) is 0 Å². The number of nitrogens with one attached hydrogen (secondary N) is 1. The molecule has 2 aliphatic rings. The molecule has 2 aromatic rings. The molecule has 1 saturated carbocycles. The van der Waals surface area contributed by atoms with Crippen molar-refractivity contribution in [2.24, 2.45) is 11.7 Å². The van der Waals surface area contributed by atoms with Crippen LogP contribution < -0.4 is 16.0 Å². The van der Waals surface area contributed by atoms with Crippen molar-refractivity contribution < 1.29 is 14.3 Å². The molecule has 2 fully saturated rings. The van der Waals surface area contributed by atoms with Crippen LogP contribution in [0.4, 0.5) is 16.3 Å². The zero-order chi connectivity index (χ0) is 25.7. The van der Waals surface area contributed by atoms with Gasteiger partial charge in [0, 0.05) is 49.3 Å². The summed E-state index contributed by atoms with van der Waals surface area (Å²) in [5.41, 5.74) is 8.06. The highest BCUT2D eigenvalue weighted by atomic mass is 35.5. The van der Waals surface area contributed by atoms with Gasteiger partial charge in [-0.25, -0.2) is 9.78 Å². The molecule has 0 spiro atoms. The molecular weight excluding hydrogens is 476 g/mol. The van der Waals surface area contributed by atoms with Crippen molar-refractivity contribution in [3.05, 3.63) is 41.6 Å². The number of nitrogens with zero attached hydrogens (tertiary/aromatic N) is 2. The van der Waals surface area contributed by atoms with Crippen LogP contribution in [0.3, 0.4) is 0 Å². The Kier molecular flexibility index (Phi) is 8.75. The number of hydrogen-bond acceptors (Lipinski definition) is 6. The largest absolute Gasteiger partial charge is 0.443 e. The van der Waals surface area contributed by atoms with Crippen LogP contribution in [0.25, 0.3) is 11.1 Å². The van der Waals surface area contributed by atoms with Gasteiger partial charge in [0.1, 0.15) is 11.4 Å². The number of rotatable bonds is 6. The van der Waals surface area contributed by atoms with Crippen molar-refractivity contribution in [3.63, 3.8) is 0 Å². The lowest BCUT2D eigenvalue weighted by Gasteiger charge is -2.32. The number of halogens is 1. The standard InChI is InChI=1S/C28H39ClN4O3/c1-28(2,3)36-27(34)33(18-19-11-13-35-14-12-19)23-6-4-5-20(15-23)24-16-26(31-17-25(24)29)32-22-9-7-21(30)8-10-22/h4-6,15-17,19,21-22H,7-14,18,30H2,1-3H3,(H,31,32)/t21-,22-. The maximum atomic E-state index is 13.3. The smallest absolute Gasteiger partial charge is 0.414 e. The summed E-state index contributed by atoms with van der Waals surface area (Å²) in [5.74, 6) is 1.16. The normalized spacial score (nSPS) is 21.1. The molecule has 0 bridgehead atoms. The predicted molar refractivity (Wildman–Crippen MR) is 146 cm³/mol. The Balaban J connectivity index is 1.58. The third-order valence-electron chi connectivity index (χ3n) is 6.84. The molecule has 0 unspecified atom stereocenters. The summed E-state index contributed by atoms with van der Waals surface area (Å²) in [6, 6.07) is 10.6. The molecule has 196 valence electrons. The highest BCUT2D eigenvalue weighted by Gasteiger charge is 2.27. The highest BCUT2D eigenvalue weighted by molar-refractivity contribution is 6.33. The quantitative estimate of drug-likeness (QED) is 0.473. The Bertz CT molecular complexity index is 1030. The summed E-state index contributed by atoms with van der Waals surface area (Å²) >= 11 is 6.60. The van der Waals surface area contributed by atoms with Crippen molar-refractivity contribution >= 4 is 29.2 Å². The van der Waals surface area contributed by atoms with Crippen LogP contribution in [0.1, 0.15) is 59.3 Å². The van der Waals surface area contributed by atoms with Crippen molar-refractivity contribution in [3.8, 4) is 11.1 Å². The fourth-order valence-electron chi connectivity index (χ4n) is 4.84. The lowest BCUT2D eigenvalue weighted by molar-refractivity contribution is 0.0515. The van der Waals surface area contributed by atoms with Crippen molar-refractivity contribution in [1.29, 1.82) is 0 Å². The van der Waals surface area contributed by atoms with Crippen molar-refractivity contribution in [2.75, 3.05) is 30.0 Å². The van der Waals surface area contributed by atoms with Gasteiger partial charge in [0.25, 0.3) is 0 Å². The molecule has 3 N–H and O–H groups in total. The van der Waals surface area contributed by atoms with Gasteiger partial charge in [0.05, 0.1) is 5.02 Å². The summed E-state index contributed by atoms with van der Waals surface area (Å²) in [6.07, 6.45) is 7.31. The van der Waals surface area contributed by atoms with E-state index in [1.165, 1.54) is 0 Å². The Morgan fingerprint density at radius 3 is 2.58 bits per heavy atom. The minimum Gasteiger partial charge on any atom is -0.443 e. The number of aromatic nitrogens is 1. The van der Waals surface area contributed by atoms with Crippen LogP contribution >= 0.6 is 11.6 Å².